The number of nitrogens with one attached hydrogen (secondary N) is 1. The summed E-state index contributed by atoms with van der Waals surface area (Å²) < 4.78 is 31.0. The Labute approximate surface area is 182 Å². The number of sulfonamides is 1. The van der Waals surface area contributed by atoms with Gasteiger partial charge in [0.05, 0.1) is 29.7 Å². The zero-order valence-corrected chi connectivity index (χ0v) is 18.3. The fraction of sp³-hybridized carbons (Fsp3) is 0.455. The highest BCUT2D eigenvalue weighted by molar-refractivity contribution is 7.94. The summed E-state index contributed by atoms with van der Waals surface area (Å²) in [5.41, 5.74) is 0.658. The average Bonchev–Trinajstić information content (AvgIpc) is 3.35. The van der Waals surface area contributed by atoms with Crippen LogP contribution < -0.4 is 9.62 Å². The Balaban J connectivity index is 1.44. The lowest BCUT2D eigenvalue weighted by Crippen LogP contribution is -2.40. The Kier molecular flexibility index (Phi) is 6.15. The monoisotopic (exact) mass is 445 g/mol. The van der Waals surface area contributed by atoms with E-state index in [0.717, 1.165) is 36.0 Å². The Morgan fingerprint density at radius 2 is 1.87 bits per heavy atom. The molecule has 2 aromatic rings. The predicted molar refractivity (Wildman–Crippen MR) is 116 cm³/mol. The summed E-state index contributed by atoms with van der Waals surface area (Å²) in [4.78, 5) is 27.3. The van der Waals surface area contributed by atoms with E-state index >= 15 is 0 Å². The van der Waals surface area contributed by atoms with E-state index in [9.17, 15) is 18.0 Å². The molecule has 3 heterocycles. The van der Waals surface area contributed by atoms with Crippen molar-refractivity contribution < 1.29 is 22.4 Å². The van der Waals surface area contributed by atoms with Crippen LogP contribution in [0.1, 0.15) is 48.3 Å². The molecule has 0 bridgehead atoms. The first-order valence-electron chi connectivity index (χ1n) is 10.6. The van der Waals surface area contributed by atoms with Gasteiger partial charge in [-0.15, -0.1) is 0 Å². The minimum Gasteiger partial charge on any atom is -0.468 e. The molecule has 2 saturated heterocycles. The van der Waals surface area contributed by atoms with Gasteiger partial charge in [0.2, 0.25) is 15.9 Å². The van der Waals surface area contributed by atoms with E-state index in [1.54, 1.807) is 25.3 Å². The molecule has 1 aromatic carbocycles. The molecule has 2 aliphatic heterocycles. The third kappa shape index (κ3) is 4.52. The maximum atomic E-state index is 12.7. The normalized spacial score (nSPS) is 22.4. The van der Waals surface area contributed by atoms with Crippen molar-refractivity contribution in [2.24, 2.45) is 5.92 Å². The van der Waals surface area contributed by atoms with Gasteiger partial charge in [0.15, 0.2) is 0 Å². The predicted octanol–water partition coefficient (Wildman–Crippen LogP) is 2.55. The van der Waals surface area contributed by atoms with Gasteiger partial charge in [-0.05, 0) is 62.3 Å². The van der Waals surface area contributed by atoms with Gasteiger partial charge in [0, 0.05) is 12.1 Å². The number of furan rings is 1. The van der Waals surface area contributed by atoms with Crippen LogP contribution in [0.15, 0.2) is 47.1 Å². The zero-order chi connectivity index (χ0) is 22.0. The van der Waals surface area contributed by atoms with Gasteiger partial charge in [0.1, 0.15) is 5.76 Å². The number of hydrogen-bond acceptors (Lipinski definition) is 6. The van der Waals surface area contributed by atoms with Gasteiger partial charge >= 0.3 is 0 Å². The minimum atomic E-state index is -3.66. The number of benzene rings is 1. The number of carbonyl (C=O) groups is 2. The summed E-state index contributed by atoms with van der Waals surface area (Å²) in [6.45, 7) is 3.93. The smallest absolute Gasteiger partial charge is 0.251 e. The van der Waals surface area contributed by atoms with Crippen molar-refractivity contribution >= 4 is 27.5 Å². The van der Waals surface area contributed by atoms with Gasteiger partial charge in [-0.1, -0.05) is 13.3 Å². The van der Waals surface area contributed by atoms with Gasteiger partial charge in [-0.25, -0.2) is 12.7 Å². The summed E-state index contributed by atoms with van der Waals surface area (Å²) in [5.74, 6) is -0.645. The molecule has 1 N–H and O–H groups in total. The molecule has 2 amide bonds. The summed E-state index contributed by atoms with van der Waals surface area (Å²) in [5, 5.41) is 2.97. The van der Waals surface area contributed by atoms with Crippen molar-refractivity contribution in [3.63, 3.8) is 0 Å². The molecule has 166 valence electrons. The van der Waals surface area contributed by atoms with Crippen LogP contribution in [0.25, 0.3) is 0 Å². The molecular weight excluding hydrogens is 418 g/mol. The van der Waals surface area contributed by atoms with Crippen molar-refractivity contribution in [3.05, 3.63) is 54.0 Å². The molecule has 0 radical (unpaired) electrons. The maximum absolute atomic E-state index is 12.7. The largest absolute Gasteiger partial charge is 0.468 e. The number of hydrogen-bond donors (Lipinski definition) is 1. The van der Waals surface area contributed by atoms with Gasteiger partial charge in [-0.3, -0.25) is 14.5 Å². The topological polar surface area (TPSA) is 99.9 Å². The molecular formula is C22H27N3O5S. The first kappa shape index (κ1) is 21.6. The van der Waals surface area contributed by atoms with E-state index in [-0.39, 0.29) is 23.4 Å². The number of piperidine rings is 1. The van der Waals surface area contributed by atoms with Crippen LogP contribution >= 0.6 is 0 Å². The van der Waals surface area contributed by atoms with Crippen molar-refractivity contribution in [1.82, 2.24) is 10.2 Å². The quantitative estimate of drug-likeness (QED) is 0.734. The van der Waals surface area contributed by atoms with Crippen LogP contribution in [-0.2, 0) is 14.8 Å². The number of amides is 2. The number of nitrogens with zero attached hydrogens (tertiary/aromatic N) is 2. The molecule has 1 aromatic heterocycles. The zero-order valence-electron chi connectivity index (χ0n) is 17.5. The number of anilines is 1. The molecule has 9 heteroatoms. The van der Waals surface area contributed by atoms with E-state index in [1.807, 2.05) is 12.1 Å². The third-order valence-electron chi connectivity index (χ3n) is 5.88. The lowest BCUT2D eigenvalue weighted by molar-refractivity contribution is -0.119. The second-order valence-corrected chi connectivity index (χ2v) is 10.0. The molecule has 8 nitrogen and oxygen atoms in total. The maximum Gasteiger partial charge on any atom is 0.251 e. The van der Waals surface area contributed by atoms with Crippen LogP contribution in [-0.4, -0.2) is 50.5 Å². The number of carbonyl (C=O) groups excluding carboxylic acids is 2. The van der Waals surface area contributed by atoms with Crippen molar-refractivity contribution in [3.8, 4) is 0 Å². The molecule has 0 spiro atoms. The summed E-state index contributed by atoms with van der Waals surface area (Å²) in [6.07, 6.45) is 5.11. The van der Waals surface area contributed by atoms with Gasteiger partial charge in [0.25, 0.3) is 5.91 Å². The van der Waals surface area contributed by atoms with Crippen molar-refractivity contribution in [2.45, 2.75) is 32.2 Å². The standard InChI is InChI=1S/C22H27N3O5S/c1-16-15-31(28,29)25(22(16)27)18-9-7-17(8-10-18)21(26)23-14-19(20-6-5-13-30-20)24-11-3-2-4-12-24/h5-10,13,16,19H,2-4,11-12,14-15H2,1H3,(H,23,26). The van der Waals surface area contributed by atoms with Crippen LogP contribution in [0.4, 0.5) is 5.69 Å². The van der Waals surface area contributed by atoms with Crippen LogP contribution in [0.2, 0.25) is 0 Å². The van der Waals surface area contributed by atoms with Crippen LogP contribution in [0.5, 0.6) is 0 Å². The molecule has 0 aliphatic carbocycles. The Hall–Kier alpha value is -2.65. The number of rotatable bonds is 6. The highest BCUT2D eigenvalue weighted by Gasteiger charge is 2.41. The lowest BCUT2D eigenvalue weighted by Gasteiger charge is -2.33. The third-order valence-corrected chi connectivity index (χ3v) is 7.75. The summed E-state index contributed by atoms with van der Waals surface area (Å²) in [7, 11) is -3.66. The van der Waals surface area contributed by atoms with Crippen molar-refractivity contribution in [1.29, 1.82) is 0 Å². The highest BCUT2D eigenvalue weighted by Crippen LogP contribution is 2.28. The minimum absolute atomic E-state index is 0.0348. The second kappa shape index (κ2) is 8.84. The van der Waals surface area contributed by atoms with E-state index in [4.69, 9.17) is 4.42 Å². The van der Waals surface area contributed by atoms with E-state index in [0.29, 0.717) is 12.1 Å². The Bertz CT molecular complexity index is 1030. The highest BCUT2D eigenvalue weighted by atomic mass is 32.2. The Morgan fingerprint density at radius 1 is 1.16 bits per heavy atom. The fourth-order valence-electron chi connectivity index (χ4n) is 4.25. The molecule has 2 unspecified atom stereocenters. The molecule has 0 saturated carbocycles. The van der Waals surface area contributed by atoms with E-state index in [1.165, 1.54) is 18.6 Å². The van der Waals surface area contributed by atoms with E-state index < -0.39 is 21.8 Å². The fourth-order valence-corrected chi connectivity index (χ4v) is 6.07. The molecule has 4 rings (SSSR count). The summed E-state index contributed by atoms with van der Waals surface area (Å²) in [6, 6.07) is 9.82. The first-order chi connectivity index (χ1) is 14.9. The first-order valence-corrected chi connectivity index (χ1v) is 12.2. The SMILES string of the molecule is CC1CS(=O)(=O)N(c2ccc(C(=O)NCC(c3ccco3)N3CCCCC3)cc2)C1=O. The van der Waals surface area contributed by atoms with Gasteiger partial charge in [-0.2, -0.15) is 0 Å². The summed E-state index contributed by atoms with van der Waals surface area (Å²) >= 11 is 0. The lowest BCUT2D eigenvalue weighted by atomic mass is 10.1. The molecule has 2 fully saturated rings. The van der Waals surface area contributed by atoms with Crippen LogP contribution in [0.3, 0.4) is 0 Å². The van der Waals surface area contributed by atoms with E-state index in [2.05, 4.69) is 10.2 Å². The van der Waals surface area contributed by atoms with Crippen LogP contribution in [0, 0.1) is 5.92 Å². The average molecular weight is 446 g/mol. The Morgan fingerprint density at radius 3 is 2.45 bits per heavy atom. The molecule has 2 aliphatic rings. The second-order valence-electron chi connectivity index (χ2n) is 8.17. The number of likely N-dealkylation sites (tertiary alicyclic amines) is 1. The molecule has 2 atom stereocenters. The molecule has 31 heavy (non-hydrogen) atoms. The van der Waals surface area contributed by atoms with Gasteiger partial charge < -0.3 is 9.73 Å². The van der Waals surface area contributed by atoms with Crippen molar-refractivity contribution in [2.75, 3.05) is 29.7 Å².